The van der Waals surface area contributed by atoms with Crippen LogP contribution in [0.25, 0.3) is 22.4 Å². The number of H-pyrrole nitrogens is 1. The highest BCUT2D eigenvalue weighted by Gasteiger charge is 2.06. The topological polar surface area (TPSA) is 58.1 Å². The summed E-state index contributed by atoms with van der Waals surface area (Å²) in [5.74, 6) is 2.24. The number of nitrogens with one attached hydrogen (secondary N) is 1. The first kappa shape index (κ1) is 14.8. The largest absolute Gasteiger partial charge is 0.507 e. The van der Waals surface area contributed by atoms with Gasteiger partial charge in [-0.05, 0) is 64.5 Å². The Bertz CT molecular complexity index is 976. The number of hydrogen-bond donors (Lipinski definition) is 2. The zero-order valence-electron chi connectivity index (χ0n) is 12.5. The second-order valence-corrected chi connectivity index (χ2v) is 6.20. The number of fused-ring (bicyclic) bond motifs is 1. The van der Waals surface area contributed by atoms with E-state index in [9.17, 15) is 5.11 Å². The molecule has 0 aliphatic carbocycles. The van der Waals surface area contributed by atoms with Crippen molar-refractivity contribution in [1.29, 1.82) is 0 Å². The molecule has 0 spiro atoms. The molecule has 0 amide bonds. The number of imidazole rings is 1. The van der Waals surface area contributed by atoms with Crippen LogP contribution < -0.4 is 4.74 Å². The SMILES string of the molecule is Oc1cc(Oc2ccc(-c3nc4ccccc4[nH]3)cc2)ccc1Br. The Kier molecular flexibility index (Phi) is 3.70. The van der Waals surface area contributed by atoms with Crippen LogP contribution in [0, 0.1) is 0 Å². The van der Waals surface area contributed by atoms with Gasteiger partial charge >= 0.3 is 0 Å². The fraction of sp³-hybridized carbons (Fsp3) is 0. The van der Waals surface area contributed by atoms with E-state index in [1.54, 1.807) is 18.2 Å². The van der Waals surface area contributed by atoms with Gasteiger partial charge < -0.3 is 14.8 Å². The third-order valence-corrected chi connectivity index (χ3v) is 4.34. The average Bonchev–Trinajstić information content (AvgIpc) is 3.03. The Hall–Kier alpha value is -2.79. The molecule has 4 aromatic rings. The first-order chi connectivity index (χ1) is 11.7. The number of aromatic hydroxyl groups is 1. The minimum atomic E-state index is 0.145. The van der Waals surface area contributed by atoms with Crippen LogP contribution in [-0.2, 0) is 0 Å². The van der Waals surface area contributed by atoms with E-state index in [4.69, 9.17) is 4.74 Å². The number of benzene rings is 3. The van der Waals surface area contributed by atoms with E-state index in [1.807, 2.05) is 48.5 Å². The van der Waals surface area contributed by atoms with Crippen molar-refractivity contribution in [1.82, 2.24) is 9.97 Å². The van der Waals surface area contributed by atoms with E-state index < -0.39 is 0 Å². The Balaban J connectivity index is 1.58. The van der Waals surface area contributed by atoms with Crippen molar-refractivity contribution in [3.8, 4) is 28.6 Å². The predicted octanol–water partition coefficient (Wildman–Crippen LogP) is 5.49. The Labute approximate surface area is 146 Å². The Morgan fingerprint density at radius 2 is 1.67 bits per heavy atom. The van der Waals surface area contributed by atoms with Gasteiger partial charge in [0.2, 0.25) is 0 Å². The molecule has 2 N–H and O–H groups in total. The molecular weight excluding hydrogens is 368 g/mol. The molecule has 0 unspecified atom stereocenters. The third-order valence-electron chi connectivity index (χ3n) is 3.67. The molecule has 0 bridgehead atoms. The zero-order chi connectivity index (χ0) is 16.5. The number of halogens is 1. The summed E-state index contributed by atoms with van der Waals surface area (Å²) in [6.45, 7) is 0. The van der Waals surface area contributed by atoms with Crippen LogP contribution in [0.1, 0.15) is 0 Å². The Morgan fingerprint density at radius 1 is 0.917 bits per heavy atom. The molecule has 0 atom stereocenters. The molecule has 3 aromatic carbocycles. The summed E-state index contributed by atoms with van der Waals surface area (Å²) in [5.41, 5.74) is 2.94. The molecule has 0 fully saturated rings. The number of nitrogens with zero attached hydrogens (tertiary/aromatic N) is 1. The van der Waals surface area contributed by atoms with Crippen molar-refractivity contribution in [3.05, 3.63) is 71.2 Å². The van der Waals surface area contributed by atoms with E-state index in [2.05, 4.69) is 25.9 Å². The molecule has 4 nitrogen and oxygen atoms in total. The number of hydrogen-bond acceptors (Lipinski definition) is 3. The summed E-state index contributed by atoms with van der Waals surface area (Å²) < 4.78 is 6.39. The standard InChI is InChI=1S/C19H13BrN2O2/c20-15-10-9-14(11-18(15)23)24-13-7-5-12(6-8-13)19-21-16-3-1-2-4-17(16)22-19/h1-11,23H,(H,21,22). The quantitative estimate of drug-likeness (QED) is 0.493. The summed E-state index contributed by atoms with van der Waals surface area (Å²) >= 11 is 3.25. The first-order valence-electron chi connectivity index (χ1n) is 7.40. The highest BCUT2D eigenvalue weighted by molar-refractivity contribution is 9.10. The zero-order valence-corrected chi connectivity index (χ0v) is 14.1. The minimum absolute atomic E-state index is 0.145. The molecule has 0 saturated heterocycles. The van der Waals surface area contributed by atoms with Crippen LogP contribution in [0.4, 0.5) is 0 Å². The van der Waals surface area contributed by atoms with Crippen LogP contribution in [0.2, 0.25) is 0 Å². The van der Waals surface area contributed by atoms with Gasteiger partial charge in [0.25, 0.3) is 0 Å². The normalized spacial score (nSPS) is 10.9. The van der Waals surface area contributed by atoms with Crippen molar-refractivity contribution < 1.29 is 9.84 Å². The summed E-state index contributed by atoms with van der Waals surface area (Å²) in [4.78, 5) is 7.89. The van der Waals surface area contributed by atoms with E-state index >= 15 is 0 Å². The molecule has 4 rings (SSSR count). The van der Waals surface area contributed by atoms with Gasteiger partial charge in [0.1, 0.15) is 23.1 Å². The van der Waals surface area contributed by atoms with Crippen molar-refractivity contribution in [2.45, 2.75) is 0 Å². The van der Waals surface area contributed by atoms with Gasteiger partial charge in [-0.1, -0.05) is 12.1 Å². The molecule has 1 aromatic heterocycles. The van der Waals surface area contributed by atoms with Crippen molar-refractivity contribution in [2.24, 2.45) is 0 Å². The second kappa shape index (κ2) is 6.02. The molecule has 24 heavy (non-hydrogen) atoms. The molecule has 0 radical (unpaired) electrons. The molecule has 5 heteroatoms. The van der Waals surface area contributed by atoms with E-state index in [-0.39, 0.29) is 5.75 Å². The van der Waals surface area contributed by atoms with Crippen LogP contribution in [0.5, 0.6) is 17.2 Å². The van der Waals surface area contributed by atoms with E-state index in [0.717, 1.165) is 22.4 Å². The van der Waals surface area contributed by atoms with Crippen LogP contribution in [-0.4, -0.2) is 15.1 Å². The minimum Gasteiger partial charge on any atom is -0.507 e. The molecule has 118 valence electrons. The van der Waals surface area contributed by atoms with Crippen molar-refractivity contribution >= 4 is 27.0 Å². The lowest BCUT2D eigenvalue weighted by atomic mass is 10.2. The van der Waals surface area contributed by atoms with Gasteiger partial charge in [-0.25, -0.2) is 4.98 Å². The van der Waals surface area contributed by atoms with Gasteiger partial charge in [-0.15, -0.1) is 0 Å². The van der Waals surface area contributed by atoms with Gasteiger partial charge in [0, 0.05) is 11.6 Å². The van der Waals surface area contributed by atoms with Gasteiger partial charge in [-0.3, -0.25) is 0 Å². The molecule has 0 aliphatic heterocycles. The number of aromatic nitrogens is 2. The maximum atomic E-state index is 9.70. The van der Waals surface area contributed by atoms with Gasteiger partial charge in [0.05, 0.1) is 15.5 Å². The Morgan fingerprint density at radius 3 is 2.42 bits per heavy atom. The molecule has 1 heterocycles. The lowest BCUT2D eigenvalue weighted by molar-refractivity contribution is 0.453. The summed E-state index contributed by atoms with van der Waals surface area (Å²) in [6.07, 6.45) is 0. The summed E-state index contributed by atoms with van der Waals surface area (Å²) in [5, 5.41) is 9.70. The van der Waals surface area contributed by atoms with Crippen LogP contribution in [0.15, 0.2) is 71.2 Å². The van der Waals surface area contributed by atoms with Gasteiger partial charge in [0.15, 0.2) is 0 Å². The predicted molar refractivity (Wildman–Crippen MR) is 97.4 cm³/mol. The smallest absolute Gasteiger partial charge is 0.138 e. The maximum absolute atomic E-state index is 9.70. The second-order valence-electron chi connectivity index (χ2n) is 5.34. The first-order valence-corrected chi connectivity index (χ1v) is 8.20. The highest BCUT2D eigenvalue weighted by Crippen LogP contribution is 2.31. The van der Waals surface area contributed by atoms with Crippen LogP contribution >= 0.6 is 15.9 Å². The van der Waals surface area contributed by atoms with Crippen molar-refractivity contribution in [3.63, 3.8) is 0 Å². The lowest BCUT2D eigenvalue weighted by Crippen LogP contribution is -1.85. The van der Waals surface area contributed by atoms with Gasteiger partial charge in [-0.2, -0.15) is 0 Å². The summed E-state index contributed by atoms with van der Waals surface area (Å²) in [6, 6.07) is 20.7. The highest BCUT2D eigenvalue weighted by atomic mass is 79.9. The summed E-state index contributed by atoms with van der Waals surface area (Å²) in [7, 11) is 0. The maximum Gasteiger partial charge on any atom is 0.138 e. The van der Waals surface area contributed by atoms with Crippen molar-refractivity contribution in [2.75, 3.05) is 0 Å². The molecular formula is C19H13BrN2O2. The number of aromatic amines is 1. The van der Waals surface area contributed by atoms with E-state index in [1.165, 1.54) is 0 Å². The fourth-order valence-corrected chi connectivity index (χ4v) is 2.71. The molecule has 0 saturated carbocycles. The third kappa shape index (κ3) is 2.86. The average molecular weight is 381 g/mol. The number of phenols is 1. The van der Waals surface area contributed by atoms with Crippen LogP contribution in [0.3, 0.4) is 0 Å². The fourth-order valence-electron chi connectivity index (χ4n) is 2.46. The van der Waals surface area contributed by atoms with E-state index in [0.29, 0.717) is 16.0 Å². The number of ether oxygens (including phenoxy) is 1. The number of phenolic OH excluding ortho intramolecular Hbond substituents is 1. The number of rotatable bonds is 3. The monoisotopic (exact) mass is 380 g/mol. The lowest BCUT2D eigenvalue weighted by Gasteiger charge is -2.07. The molecule has 0 aliphatic rings. The number of para-hydroxylation sites is 2.